The Morgan fingerprint density at radius 1 is 0.738 bits per heavy atom. The lowest BCUT2D eigenvalue weighted by atomic mass is 9.63. The highest BCUT2D eigenvalue weighted by Crippen LogP contribution is 2.59. The second-order valence-electron chi connectivity index (χ2n) is 12.4. The first kappa shape index (κ1) is 26.5. The third-order valence-corrected chi connectivity index (χ3v) is 9.36. The monoisotopic (exact) mass is 545 g/mol. The Kier molecular flexibility index (Phi) is 6.82. The average Bonchev–Trinajstić information content (AvgIpc) is 3.32. The first-order chi connectivity index (χ1) is 20.5. The summed E-state index contributed by atoms with van der Waals surface area (Å²) in [5.41, 5.74) is 14.6. The van der Waals surface area contributed by atoms with Gasteiger partial charge in [0.05, 0.1) is 5.41 Å². The zero-order valence-electron chi connectivity index (χ0n) is 24.9. The van der Waals surface area contributed by atoms with Gasteiger partial charge in [-0.3, -0.25) is 0 Å². The van der Waals surface area contributed by atoms with Crippen LogP contribution in [0, 0.1) is 5.92 Å². The topological polar surface area (TPSA) is 12.0 Å². The number of fused-ring (bicyclic) bond motifs is 1. The molecule has 0 aliphatic heterocycles. The lowest BCUT2D eigenvalue weighted by Crippen LogP contribution is -2.32. The van der Waals surface area contributed by atoms with E-state index in [9.17, 15) is 0 Å². The summed E-state index contributed by atoms with van der Waals surface area (Å²) in [4.78, 5) is 0. The number of allylic oxidation sites excluding steroid dienone is 8. The molecule has 0 radical (unpaired) electrons. The van der Waals surface area contributed by atoms with Gasteiger partial charge in [0.25, 0.3) is 0 Å². The van der Waals surface area contributed by atoms with E-state index in [1.807, 2.05) is 0 Å². The number of hydrogen-bond acceptors (Lipinski definition) is 1. The zero-order valence-corrected chi connectivity index (χ0v) is 24.9. The maximum Gasteiger partial charge on any atom is 0.0673 e. The number of benzene rings is 4. The summed E-state index contributed by atoms with van der Waals surface area (Å²) in [6, 6.07) is 38.2. The van der Waals surface area contributed by atoms with Crippen LogP contribution in [0.25, 0.3) is 11.1 Å². The van der Waals surface area contributed by atoms with Gasteiger partial charge in [0.15, 0.2) is 0 Å². The molecule has 0 amide bonds. The Morgan fingerprint density at radius 3 is 2.26 bits per heavy atom. The number of nitrogens with one attached hydrogen (secondary N) is 1. The average molecular weight is 546 g/mol. The predicted molar refractivity (Wildman–Crippen MR) is 178 cm³/mol. The molecule has 3 aliphatic rings. The normalized spacial score (nSPS) is 21.1. The van der Waals surface area contributed by atoms with Crippen molar-refractivity contribution in [3.63, 3.8) is 0 Å². The molecule has 7 rings (SSSR count). The number of anilines is 2. The molecule has 0 heterocycles. The largest absolute Gasteiger partial charge is 0.356 e. The van der Waals surface area contributed by atoms with Gasteiger partial charge in [0, 0.05) is 11.4 Å². The molecule has 0 aromatic heterocycles. The van der Waals surface area contributed by atoms with Crippen molar-refractivity contribution in [2.75, 3.05) is 5.32 Å². The molecule has 4 aromatic rings. The molecular weight excluding hydrogens is 506 g/mol. The fourth-order valence-electron chi connectivity index (χ4n) is 7.30. The summed E-state index contributed by atoms with van der Waals surface area (Å²) < 4.78 is 0. The molecule has 1 N–H and O–H groups in total. The van der Waals surface area contributed by atoms with E-state index < -0.39 is 0 Å². The van der Waals surface area contributed by atoms with Crippen molar-refractivity contribution >= 4 is 11.4 Å². The van der Waals surface area contributed by atoms with Gasteiger partial charge in [0.2, 0.25) is 0 Å². The highest BCUT2D eigenvalue weighted by Gasteiger charge is 2.48. The summed E-state index contributed by atoms with van der Waals surface area (Å²) in [5.74, 6) is 1.06. The third-order valence-electron chi connectivity index (χ3n) is 9.36. The molecule has 2 unspecified atom stereocenters. The Labute approximate surface area is 251 Å². The van der Waals surface area contributed by atoms with E-state index in [1.165, 1.54) is 39.0 Å². The van der Waals surface area contributed by atoms with Crippen LogP contribution in [0.1, 0.15) is 62.6 Å². The number of hydrogen-bond donors (Lipinski definition) is 1. The molecule has 0 saturated heterocycles. The highest BCUT2D eigenvalue weighted by molar-refractivity contribution is 5.77. The van der Waals surface area contributed by atoms with Crippen LogP contribution in [-0.2, 0) is 5.41 Å². The lowest BCUT2D eigenvalue weighted by Gasteiger charge is -2.38. The molecule has 0 spiro atoms. The molecule has 0 bridgehead atoms. The minimum atomic E-state index is -0.272. The van der Waals surface area contributed by atoms with Crippen molar-refractivity contribution in [3.8, 4) is 11.1 Å². The summed E-state index contributed by atoms with van der Waals surface area (Å²) in [5, 5.41) is 3.63. The molecule has 3 aliphatic carbocycles. The maximum atomic E-state index is 3.63. The standard InChI is InChI=1S/C41H39N/c1-28(2)30-20-22-35(23-21-30)42-36-16-10-12-32(27-36)31-11-9-15-34(26-31)41(33-13-5-4-6-14-33)39-18-8-7-17-37(39)38-24-19-29(3)25-40(38)41/h4-6,8-16,18-24,26-29,42H,7,17,25H2,1-3H3. The van der Waals surface area contributed by atoms with E-state index in [0.717, 1.165) is 30.6 Å². The number of rotatable bonds is 6. The van der Waals surface area contributed by atoms with Gasteiger partial charge in [0.1, 0.15) is 0 Å². The Bertz CT molecular complexity index is 1750. The van der Waals surface area contributed by atoms with E-state index in [2.05, 4.69) is 154 Å². The minimum absolute atomic E-state index is 0.272. The quantitative estimate of drug-likeness (QED) is 0.254. The second-order valence-corrected chi connectivity index (χ2v) is 12.4. The Morgan fingerprint density at radius 2 is 1.48 bits per heavy atom. The van der Waals surface area contributed by atoms with Crippen LogP contribution in [0.2, 0.25) is 0 Å². The fourth-order valence-corrected chi connectivity index (χ4v) is 7.30. The van der Waals surface area contributed by atoms with Gasteiger partial charge >= 0.3 is 0 Å². The van der Waals surface area contributed by atoms with Crippen LogP contribution >= 0.6 is 0 Å². The van der Waals surface area contributed by atoms with Gasteiger partial charge in [-0.15, -0.1) is 0 Å². The van der Waals surface area contributed by atoms with Crippen molar-refractivity contribution in [3.05, 3.63) is 166 Å². The highest BCUT2D eigenvalue weighted by atomic mass is 14.9. The Hall–Kier alpha value is -4.36. The summed E-state index contributed by atoms with van der Waals surface area (Å²) in [7, 11) is 0. The van der Waals surface area contributed by atoms with E-state index in [-0.39, 0.29) is 5.41 Å². The third kappa shape index (κ3) is 4.49. The summed E-state index contributed by atoms with van der Waals surface area (Å²) in [6.45, 7) is 6.82. The summed E-state index contributed by atoms with van der Waals surface area (Å²) in [6.07, 6.45) is 13.0. The van der Waals surface area contributed by atoms with Crippen molar-refractivity contribution < 1.29 is 0 Å². The van der Waals surface area contributed by atoms with Crippen LogP contribution in [0.5, 0.6) is 0 Å². The molecule has 42 heavy (non-hydrogen) atoms. The molecule has 1 nitrogen and oxygen atoms in total. The van der Waals surface area contributed by atoms with Gasteiger partial charge in [-0.25, -0.2) is 0 Å². The van der Waals surface area contributed by atoms with Crippen LogP contribution in [0.3, 0.4) is 0 Å². The van der Waals surface area contributed by atoms with E-state index in [0.29, 0.717) is 11.8 Å². The Balaban J connectivity index is 1.33. The first-order valence-electron chi connectivity index (χ1n) is 15.5. The molecule has 0 fully saturated rings. The van der Waals surface area contributed by atoms with Gasteiger partial charge < -0.3 is 5.32 Å². The maximum absolute atomic E-state index is 3.63. The van der Waals surface area contributed by atoms with Crippen molar-refractivity contribution in [2.24, 2.45) is 5.92 Å². The van der Waals surface area contributed by atoms with Crippen LogP contribution in [0.4, 0.5) is 11.4 Å². The van der Waals surface area contributed by atoms with Gasteiger partial charge in [-0.2, -0.15) is 0 Å². The molecule has 208 valence electrons. The molecule has 0 saturated carbocycles. The van der Waals surface area contributed by atoms with E-state index in [4.69, 9.17) is 0 Å². The van der Waals surface area contributed by atoms with Crippen molar-refractivity contribution in [2.45, 2.75) is 51.4 Å². The van der Waals surface area contributed by atoms with E-state index >= 15 is 0 Å². The van der Waals surface area contributed by atoms with E-state index in [1.54, 1.807) is 11.1 Å². The lowest BCUT2D eigenvalue weighted by molar-refractivity contribution is 0.613. The SMILES string of the molecule is CC1C=CC2=C(C1)C(c1ccccc1)(c1cccc(-c3cccc(Nc4ccc(C(C)C)cc4)c3)c1)C1=C2CCC=C1. The second kappa shape index (κ2) is 10.8. The van der Waals surface area contributed by atoms with Gasteiger partial charge in [-0.1, -0.05) is 118 Å². The van der Waals surface area contributed by atoms with Crippen molar-refractivity contribution in [1.29, 1.82) is 0 Å². The molecule has 1 heteroatoms. The van der Waals surface area contributed by atoms with Crippen LogP contribution in [0.15, 0.2) is 150 Å². The predicted octanol–water partition coefficient (Wildman–Crippen LogP) is 11.1. The van der Waals surface area contributed by atoms with Crippen LogP contribution < -0.4 is 5.32 Å². The molecule has 4 aromatic carbocycles. The van der Waals surface area contributed by atoms with Crippen LogP contribution in [-0.4, -0.2) is 0 Å². The first-order valence-corrected chi connectivity index (χ1v) is 15.5. The van der Waals surface area contributed by atoms with Gasteiger partial charge in [-0.05, 0) is 112 Å². The summed E-state index contributed by atoms with van der Waals surface area (Å²) >= 11 is 0. The zero-order chi connectivity index (χ0) is 28.7. The van der Waals surface area contributed by atoms with Crippen molar-refractivity contribution in [1.82, 2.24) is 0 Å². The minimum Gasteiger partial charge on any atom is -0.356 e. The molecular formula is C41H39N. The fraction of sp³-hybridized carbons (Fsp3) is 0.220. The smallest absolute Gasteiger partial charge is 0.0673 e. The molecule has 2 atom stereocenters.